The molecule has 2 aliphatic rings. The van der Waals surface area contributed by atoms with E-state index in [1.807, 2.05) is 38.1 Å². The molecule has 0 radical (unpaired) electrons. The molecule has 1 aliphatic carbocycles. The number of ketones is 3. The minimum atomic E-state index is -1.54. The molecule has 0 bridgehead atoms. The number of hydrogen-bond acceptors (Lipinski definition) is 8. The van der Waals surface area contributed by atoms with Crippen LogP contribution in [-0.4, -0.2) is 33.7 Å². The summed E-state index contributed by atoms with van der Waals surface area (Å²) in [5.74, 6) is -1.72. The number of carbonyl (C=O) groups is 3. The number of carbonyl (C=O) groups excluding carboxylic acids is 3. The van der Waals surface area contributed by atoms with Crippen LogP contribution in [0.5, 0.6) is 23.0 Å². The molecule has 0 saturated heterocycles. The second-order valence-corrected chi connectivity index (χ2v) is 9.55. The highest BCUT2D eigenvalue weighted by atomic mass is 16.5. The molecule has 1 atom stereocenters. The second kappa shape index (κ2) is 8.86. The summed E-state index contributed by atoms with van der Waals surface area (Å²) in [5.41, 5.74) is -0.315. The van der Waals surface area contributed by atoms with Gasteiger partial charge >= 0.3 is 0 Å². The third-order valence-electron chi connectivity index (χ3n) is 6.61. The number of rotatable bonds is 6. The van der Waals surface area contributed by atoms with Crippen LogP contribution in [0.2, 0.25) is 0 Å². The number of benzene rings is 2. The van der Waals surface area contributed by atoms with Crippen molar-refractivity contribution in [3.63, 3.8) is 0 Å². The average Bonchev–Trinajstić information content (AvgIpc) is 3.09. The molecule has 0 amide bonds. The lowest BCUT2D eigenvalue weighted by Gasteiger charge is -2.29. The van der Waals surface area contributed by atoms with Crippen LogP contribution in [0.25, 0.3) is 0 Å². The van der Waals surface area contributed by atoms with Crippen molar-refractivity contribution >= 4 is 17.3 Å². The summed E-state index contributed by atoms with van der Waals surface area (Å²) >= 11 is 0. The molecule has 0 saturated carbocycles. The SMILES string of the molecule is CC(=O)c1c(O)c(C)c(O)c2c1OC1=CC(=O)/C(=C(/C)NCc3ccc(OC(C)C)cc3)C(=O)[C@]12C. The maximum atomic E-state index is 13.8. The van der Waals surface area contributed by atoms with Crippen LogP contribution in [0.15, 0.2) is 47.4 Å². The maximum Gasteiger partial charge on any atom is 0.194 e. The molecule has 8 nitrogen and oxygen atoms in total. The summed E-state index contributed by atoms with van der Waals surface area (Å²) in [6.45, 7) is 10.1. The van der Waals surface area contributed by atoms with Crippen molar-refractivity contribution in [1.29, 1.82) is 0 Å². The van der Waals surface area contributed by atoms with Gasteiger partial charge in [0, 0.05) is 23.9 Å². The van der Waals surface area contributed by atoms with Crippen molar-refractivity contribution in [2.75, 3.05) is 0 Å². The first-order valence-electron chi connectivity index (χ1n) is 11.7. The Bertz CT molecular complexity index is 1370. The number of ether oxygens (including phenoxy) is 2. The van der Waals surface area contributed by atoms with E-state index in [1.54, 1.807) is 13.8 Å². The van der Waals surface area contributed by atoms with E-state index >= 15 is 0 Å². The van der Waals surface area contributed by atoms with Gasteiger partial charge < -0.3 is 25.0 Å². The van der Waals surface area contributed by atoms with Gasteiger partial charge in [-0.2, -0.15) is 0 Å². The minimum absolute atomic E-state index is 0.00703. The Morgan fingerprint density at radius 2 is 1.75 bits per heavy atom. The first-order valence-corrected chi connectivity index (χ1v) is 11.7. The molecular weight excluding hydrogens is 462 g/mol. The van der Waals surface area contributed by atoms with Gasteiger partial charge in [0.05, 0.1) is 17.2 Å². The van der Waals surface area contributed by atoms with Gasteiger partial charge in [-0.15, -0.1) is 0 Å². The smallest absolute Gasteiger partial charge is 0.194 e. The van der Waals surface area contributed by atoms with Crippen molar-refractivity contribution in [2.45, 2.75) is 59.6 Å². The fourth-order valence-corrected chi connectivity index (χ4v) is 4.64. The van der Waals surface area contributed by atoms with Crippen molar-refractivity contribution in [1.82, 2.24) is 5.32 Å². The Labute approximate surface area is 209 Å². The second-order valence-electron chi connectivity index (χ2n) is 9.55. The van der Waals surface area contributed by atoms with Gasteiger partial charge in [-0.05, 0) is 59.2 Å². The zero-order valence-corrected chi connectivity index (χ0v) is 21.1. The monoisotopic (exact) mass is 491 g/mol. The van der Waals surface area contributed by atoms with Crippen LogP contribution in [0, 0.1) is 6.92 Å². The standard InChI is InChI=1S/C28H29NO7/c1-13(2)35-18-9-7-17(8-10-18)12-29-15(4)21-19(31)11-20-28(6,27(21)34)23-25(33)14(3)24(32)22(16(5)30)26(23)36-20/h7-11,13,29,32-33H,12H2,1-6H3/b21-15+/t28-/m1/s1. The van der Waals surface area contributed by atoms with E-state index < -0.39 is 28.5 Å². The molecule has 0 spiro atoms. The predicted octanol–water partition coefficient (Wildman–Crippen LogP) is 4.15. The molecule has 0 aromatic heterocycles. The summed E-state index contributed by atoms with van der Waals surface area (Å²) in [7, 11) is 0. The quantitative estimate of drug-likeness (QED) is 0.313. The Morgan fingerprint density at radius 1 is 1.11 bits per heavy atom. The normalized spacial score (nSPS) is 19.9. The van der Waals surface area contributed by atoms with Gasteiger partial charge in [0.2, 0.25) is 0 Å². The molecular formula is C28H29NO7. The predicted molar refractivity (Wildman–Crippen MR) is 132 cm³/mol. The Hall–Kier alpha value is -4.07. The summed E-state index contributed by atoms with van der Waals surface area (Å²) in [5, 5.41) is 24.5. The Kier molecular flexibility index (Phi) is 6.16. The fourth-order valence-electron chi connectivity index (χ4n) is 4.64. The van der Waals surface area contributed by atoms with Crippen LogP contribution in [-0.2, 0) is 21.5 Å². The van der Waals surface area contributed by atoms with Gasteiger partial charge in [0.25, 0.3) is 0 Å². The number of aromatic hydroxyl groups is 2. The molecule has 8 heteroatoms. The maximum absolute atomic E-state index is 13.8. The van der Waals surface area contributed by atoms with Gasteiger partial charge in [-0.1, -0.05) is 12.1 Å². The Balaban J connectivity index is 1.71. The van der Waals surface area contributed by atoms with E-state index in [0.717, 1.165) is 11.3 Å². The van der Waals surface area contributed by atoms with Gasteiger partial charge in [-0.3, -0.25) is 14.4 Å². The molecule has 2 aromatic rings. The van der Waals surface area contributed by atoms with Crippen LogP contribution < -0.4 is 14.8 Å². The van der Waals surface area contributed by atoms with E-state index in [2.05, 4.69) is 5.32 Å². The lowest BCUT2D eigenvalue weighted by molar-refractivity contribution is -0.123. The highest BCUT2D eigenvalue weighted by molar-refractivity contribution is 6.31. The lowest BCUT2D eigenvalue weighted by atomic mass is 9.70. The zero-order valence-electron chi connectivity index (χ0n) is 21.1. The van der Waals surface area contributed by atoms with Gasteiger partial charge in [0.1, 0.15) is 39.7 Å². The van der Waals surface area contributed by atoms with Gasteiger partial charge in [-0.25, -0.2) is 0 Å². The lowest BCUT2D eigenvalue weighted by Crippen LogP contribution is -2.41. The average molecular weight is 492 g/mol. The fraction of sp³-hybridized carbons (Fsp3) is 0.321. The van der Waals surface area contributed by atoms with E-state index in [1.165, 1.54) is 19.9 Å². The molecule has 1 aliphatic heterocycles. The molecule has 0 fully saturated rings. The Morgan fingerprint density at radius 3 is 2.33 bits per heavy atom. The molecule has 4 rings (SSSR count). The first kappa shape index (κ1) is 25.0. The topological polar surface area (TPSA) is 122 Å². The number of hydrogen-bond donors (Lipinski definition) is 3. The number of Topliss-reactive ketones (excluding diaryl/α,β-unsaturated/α-hetero) is 2. The van der Waals surface area contributed by atoms with E-state index in [4.69, 9.17) is 9.47 Å². The van der Waals surface area contributed by atoms with Crippen molar-refractivity contribution in [3.05, 3.63) is 69.6 Å². The molecule has 0 unspecified atom stereocenters. The van der Waals surface area contributed by atoms with Crippen molar-refractivity contribution < 1.29 is 34.1 Å². The summed E-state index contributed by atoms with van der Waals surface area (Å²) in [6, 6.07) is 7.49. The highest BCUT2D eigenvalue weighted by Crippen LogP contribution is 2.57. The van der Waals surface area contributed by atoms with Gasteiger partial charge in [0.15, 0.2) is 17.3 Å². The summed E-state index contributed by atoms with van der Waals surface area (Å²) < 4.78 is 11.4. The van der Waals surface area contributed by atoms with E-state index in [9.17, 15) is 24.6 Å². The molecule has 1 heterocycles. The summed E-state index contributed by atoms with van der Waals surface area (Å²) in [6.07, 6.45) is 1.27. The largest absolute Gasteiger partial charge is 0.507 e. The number of fused-ring (bicyclic) bond motifs is 3. The zero-order chi connectivity index (χ0) is 26.5. The van der Waals surface area contributed by atoms with Crippen LogP contribution >= 0.6 is 0 Å². The minimum Gasteiger partial charge on any atom is -0.507 e. The number of phenolic OH excluding ortho intramolecular Hbond substituents is 2. The third-order valence-corrected chi connectivity index (χ3v) is 6.61. The number of nitrogens with one attached hydrogen (secondary N) is 1. The van der Waals surface area contributed by atoms with E-state index in [-0.39, 0.29) is 45.6 Å². The third kappa shape index (κ3) is 3.82. The van der Waals surface area contributed by atoms with Crippen molar-refractivity contribution in [3.8, 4) is 23.0 Å². The highest BCUT2D eigenvalue weighted by Gasteiger charge is 2.56. The van der Waals surface area contributed by atoms with Crippen LogP contribution in [0.3, 0.4) is 0 Å². The molecule has 3 N–H and O–H groups in total. The molecule has 36 heavy (non-hydrogen) atoms. The van der Waals surface area contributed by atoms with Crippen LogP contribution in [0.4, 0.5) is 0 Å². The van der Waals surface area contributed by atoms with E-state index in [0.29, 0.717) is 12.2 Å². The number of allylic oxidation sites excluding steroid dienone is 4. The first-order chi connectivity index (χ1) is 16.9. The summed E-state index contributed by atoms with van der Waals surface area (Å²) in [4.78, 5) is 39.1. The molecule has 188 valence electrons. The molecule has 2 aromatic carbocycles. The van der Waals surface area contributed by atoms with Crippen LogP contribution in [0.1, 0.15) is 61.7 Å². The van der Waals surface area contributed by atoms with Crippen molar-refractivity contribution in [2.24, 2.45) is 0 Å². The number of phenols is 2.